The molecule has 0 bridgehead atoms. The molecule has 0 radical (unpaired) electrons. The lowest BCUT2D eigenvalue weighted by Crippen LogP contribution is -2.34. The zero-order valence-electron chi connectivity index (χ0n) is 16.8. The number of carbonyl (C=O) groups is 1. The van der Waals surface area contributed by atoms with Crippen molar-refractivity contribution in [2.45, 2.75) is 13.5 Å². The first-order valence-electron chi connectivity index (χ1n) is 9.10. The van der Waals surface area contributed by atoms with Crippen molar-refractivity contribution in [2.75, 3.05) is 19.5 Å². The van der Waals surface area contributed by atoms with Gasteiger partial charge in [-0.05, 0) is 73.2 Å². The van der Waals surface area contributed by atoms with Gasteiger partial charge in [0.1, 0.15) is 18.1 Å². The van der Waals surface area contributed by atoms with Crippen molar-refractivity contribution in [1.29, 1.82) is 0 Å². The molecule has 7 nitrogen and oxygen atoms in total. The number of hydrogen-bond acceptors (Lipinski definition) is 6. The second-order valence-corrected chi connectivity index (χ2v) is 6.84. The summed E-state index contributed by atoms with van der Waals surface area (Å²) in [5.41, 5.74) is 2.97. The predicted molar refractivity (Wildman–Crippen MR) is 118 cm³/mol. The third-order valence-corrected chi connectivity index (χ3v) is 4.64. The van der Waals surface area contributed by atoms with E-state index >= 15 is 0 Å². The molecule has 0 aliphatic carbocycles. The zero-order valence-corrected chi connectivity index (χ0v) is 17.6. The molecule has 3 rings (SSSR count). The summed E-state index contributed by atoms with van der Waals surface area (Å²) >= 11 is 5.27. The van der Waals surface area contributed by atoms with Crippen LogP contribution in [0.2, 0.25) is 0 Å². The molecule has 1 amide bonds. The fourth-order valence-electron chi connectivity index (χ4n) is 2.94. The molecule has 0 unspecified atom stereocenters. The molecule has 0 atom stereocenters. The molecule has 2 aromatic carbocycles. The lowest BCUT2D eigenvalue weighted by molar-refractivity contribution is 0.0977. The van der Waals surface area contributed by atoms with E-state index in [1.165, 1.54) is 14.2 Å². The number of aliphatic hydroxyl groups excluding tert-OH is 1. The van der Waals surface area contributed by atoms with E-state index in [1.54, 1.807) is 24.3 Å². The number of methoxy groups -OCH3 is 2. The van der Waals surface area contributed by atoms with E-state index in [2.05, 4.69) is 10.6 Å². The van der Waals surface area contributed by atoms with Gasteiger partial charge in [-0.2, -0.15) is 0 Å². The molecule has 1 aromatic heterocycles. The van der Waals surface area contributed by atoms with E-state index < -0.39 is 0 Å². The van der Waals surface area contributed by atoms with Gasteiger partial charge >= 0.3 is 0 Å². The molecule has 3 N–H and O–H groups in total. The van der Waals surface area contributed by atoms with Gasteiger partial charge in [0.05, 0.1) is 14.2 Å². The van der Waals surface area contributed by atoms with Gasteiger partial charge in [-0.15, -0.1) is 0 Å². The van der Waals surface area contributed by atoms with E-state index in [0.29, 0.717) is 28.6 Å². The van der Waals surface area contributed by atoms with Crippen LogP contribution in [0, 0.1) is 6.92 Å². The molecule has 30 heavy (non-hydrogen) atoms. The summed E-state index contributed by atoms with van der Waals surface area (Å²) in [6.07, 6.45) is 0. The van der Waals surface area contributed by atoms with Gasteiger partial charge in [0, 0.05) is 16.8 Å². The summed E-state index contributed by atoms with van der Waals surface area (Å²) in [5.74, 6) is 1.80. The molecule has 1 heterocycles. The van der Waals surface area contributed by atoms with E-state index in [9.17, 15) is 4.79 Å². The molecule has 156 valence electrons. The maximum Gasteiger partial charge on any atom is 0.257 e. The number of furan rings is 1. The maximum absolute atomic E-state index is 12.5. The summed E-state index contributed by atoms with van der Waals surface area (Å²) in [6, 6.07) is 14.0. The van der Waals surface area contributed by atoms with Crippen LogP contribution in [0.15, 0.2) is 52.9 Å². The number of amides is 1. The Balaban J connectivity index is 1.67. The number of thiocarbonyl (C=S) groups is 1. The van der Waals surface area contributed by atoms with Crippen molar-refractivity contribution >= 4 is 28.9 Å². The molecular formula is C22H22N2O5S. The number of carbonyl (C=O) groups excluding carboxylic acids is 1. The summed E-state index contributed by atoms with van der Waals surface area (Å²) in [5, 5.41) is 15.0. The van der Waals surface area contributed by atoms with Gasteiger partial charge in [0.15, 0.2) is 16.6 Å². The Labute approximate surface area is 179 Å². The molecule has 0 aliphatic heterocycles. The fraction of sp³-hybridized carbons (Fsp3) is 0.182. The van der Waals surface area contributed by atoms with Crippen LogP contribution in [0.25, 0.3) is 11.3 Å². The van der Waals surface area contributed by atoms with E-state index in [-0.39, 0.29) is 17.6 Å². The second-order valence-electron chi connectivity index (χ2n) is 6.43. The number of benzene rings is 2. The third kappa shape index (κ3) is 4.79. The Hall–Kier alpha value is -3.36. The standard InChI is InChI=1S/C22H22N2O5S/c1-13-10-15(5-7-17(13)18-9-6-16(12-25)29-18)23-22(30)24-21(26)14-4-8-19(27-2)20(11-14)28-3/h4-11,25H,12H2,1-3H3,(H2,23,24,26,30). The molecule has 0 aliphatic rings. The number of hydrogen-bond donors (Lipinski definition) is 3. The first kappa shape index (κ1) is 21.4. The number of rotatable bonds is 6. The number of nitrogens with one attached hydrogen (secondary N) is 2. The molecule has 0 spiro atoms. The quantitative estimate of drug-likeness (QED) is 0.515. The molecule has 3 aromatic rings. The van der Waals surface area contributed by atoms with Gasteiger partial charge < -0.3 is 24.3 Å². The molecule has 0 fully saturated rings. The summed E-state index contributed by atoms with van der Waals surface area (Å²) < 4.78 is 16.0. The van der Waals surface area contributed by atoms with Gasteiger partial charge in [0.25, 0.3) is 5.91 Å². The van der Waals surface area contributed by atoms with Crippen LogP contribution in [0.4, 0.5) is 5.69 Å². The van der Waals surface area contributed by atoms with Crippen molar-refractivity contribution in [3.05, 3.63) is 65.4 Å². The number of anilines is 1. The normalized spacial score (nSPS) is 10.4. The molecule has 0 saturated heterocycles. The largest absolute Gasteiger partial charge is 0.493 e. The van der Waals surface area contributed by atoms with Crippen LogP contribution in [0.3, 0.4) is 0 Å². The second kappa shape index (κ2) is 9.43. The van der Waals surface area contributed by atoms with Gasteiger partial charge in [-0.3, -0.25) is 10.1 Å². The highest BCUT2D eigenvalue weighted by Gasteiger charge is 2.13. The molecule has 0 saturated carbocycles. The van der Waals surface area contributed by atoms with Crippen LogP contribution < -0.4 is 20.1 Å². The van der Waals surface area contributed by atoms with Crippen LogP contribution in [0.1, 0.15) is 21.7 Å². The van der Waals surface area contributed by atoms with Crippen LogP contribution in [-0.2, 0) is 6.61 Å². The Morgan fingerprint density at radius 3 is 2.47 bits per heavy atom. The van der Waals surface area contributed by atoms with Crippen LogP contribution in [0.5, 0.6) is 11.5 Å². The lowest BCUT2D eigenvalue weighted by atomic mass is 10.1. The molecule has 8 heteroatoms. The van der Waals surface area contributed by atoms with Crippen molar-refractivity contribution in [3.8, 4) is 22.8 Å². The Bertz CT molecular complexity index is 1080. The van der Waals surface area contributed by atoms with Crippen molar-refractivity contribution < 1.29 is 23.8 Å². The summed E-state index contributed by atoms with van der Waals surface area (Å²) in [4.78, 5) is 12.5. The highest BCUT2D eigenvalue weighted by atomic mass is 32.1. The van der Waals surface area contributed by atoms with Crippen molar-refractivity contribution in [1.82, 2.24) is 5.32 Å². The Kier molecular flexibility index (Phi) is 6.71. The highest BCUT2D eigenvalue weighted by Crippen LogP contribution is 2.28. The fourth-order valence-corrected chi connectivity index (χ4v) is 3.15. The van der Waals surface area contributed by atoms with Gasteiger partial charge in [0.2, 0.25) is 0 Å². The minimum absolute atomic E-state index is 0.146. The Morgan fingerprint density at radius 2 is 1.83 bits per heavy atom. The van der Waals surface area contributed by atoms with Crippen LogP contribution in [-0.4, -0.2) is 30.3 Å². The zero-order chi connectivity index (χ0) is 21.7. The minimum Gasteiger partial charge on any atom is -0.493 e. The lowest BCUT2D eigenvalue weighted by Gasteiger charge is -2.13. The average molecular weight is 426 g/mol. The summed E-state index contributed by atoms with van der Waals surface area (Å²) in [7, 11) is 3.03. The monoisotopic (exact) mass is 426 g/mol. The van der Waals surface area contributed by atoms with E-state index in [4.69, 9.17) is 31.2 Å². The molecular weight excluding hydrogens is 404 g/mol. The maximum atomic E-state index is 12.5. The highest BCUT2D eigenvalue weighted by molar-refractivity contribution is 7.80. The number of ether oxygens (including phenoxy) is 2. The Morgan fingerprint density at radius 1 is 1.07 bits per heavy atom. The first-order valence-corrected chi connectivity index (χ1v) is 9.51. The van der Waals surface area contributed by atoms with Crippen molar-refractivity contribution in [3.63, 3.8) is 0 Å². The SMILES string of the molecule is COc1ccc(C(=O)NC(=S)Nc2ccc(-c3ccc(CO)o3)c(C)c2)cc1OC. The topological polar surface area (TPSA) is 93.0 Å². The smallest absolute Gasteiger partial charge is 0.257 e. The van der Waals surface area contributed by atoms with Gasteiger partial charge in [-0.1, -0.05) is 0 Å². The van der Waals surface area contributed by atoms with E-state index in [0.717, 1.165) is 16.8 Å². The predicted octanol–water partition coefficient (Wildman–Crippen LogP) is 3.89. The summed E-state index contributed by atoms with van der Waals surface area (Å²) in [6.45, 7) is 1.79. The number of aryl methyl sites for hydroxylation is 1. The average Bonchev–Trinajstić information content (AvgIpc) is 3.22. The third-order valence-electron chi connectivity index (χ3n) is 4.44. The minimum atomic E-state index is -0.367. The van der Waals surface area contributed by atoms with Crippen LogP contribution >= 0.6 is 12.2 Å². The van der Waals surface area contributed by atoms with Crippen molar-refractivity contribution in [2.24, 2.45) is 0 Å². The number of aliphatic hydroxyl groups is 1. The van der Waals surface area contributed by atoms with Gasteiger partial charge in [-0.25, -0.2) is 0 Å². The first-order chi connectivity index (χ1) is 14.4. The van der Waals surface area contributed by atoms with E-state index in [1.807, 2.05) is 31.2 Å².